The fourth-order valence-electron chi connectivity index (χ4n) is 2.72. The zero-order chi connectivity index (χ0) is 21.7. The smallest absolute Gasteiger partial charge is 0.326 e. The van der Waals surface area contributed by atoms with Crippen molar-refractivity contribution in [2.45, 2.75) is 12.5 Å². The zero-order valence-corrected chi connectivity index (χ0v) is 16.9. The highest BCUT2D eigenvalue weighted by Gasteiger charge is 2.19. The molecule has 1 atom stereocenters. The summed E-state index contributed by atoms with van der Waals surface area (Å²) in [6, 6.07) is 8.86. The van der Waals surface area contributed by atoms with E-state index in [-0.39, 0.29) is 22.0 Å². The largest absolute Gasteiger partial charge is 0.619 e. The van der Waals surface area contributed by atoms with E-state index in [2.05, 4.69) is 15.6 Å². The van der Waals surface area contributed by atoms with E-state index in [1.54, 1.807) is 30.3 Å². The molecule has 154 valence electrons. The Morgan fingerprint density at radius 1 is 1.10 bits per heavy atom. The second-order valence-electron chi connectivity index (χ2n) is 6.32. The summed E-state index contributed by atoms with van der Waals surface area (Å²) in [4.78, 5) is 27.8. The Hall–Kier alpha value is -3.36. The summed E-state index contributed by atoms with van der Waals surface area (Å²) < 4.78 is 0.583. The van der Waals surface area contributed by atoms with Crippen molar-refractivity contribution < 1.29 is 19.4 Å². The standard InChI is InChI=1S/C20H16Cl2N4O4/c21-15-9-23-10-16(22)18(15)19(27)25-13-5-3-12(4-6-13)8-17(20(28)29)24-14-2-1-7-26(30)11-14/h1-7,9-11,17,24H,8H2,(H,25,27)(H,28,29). The number of amides is 1. The van der Waals surface area contributed by atoms with Crippen molar-refractivity contribution in [2.75, 3.05) is 10.6 Å². The number of carbonyl (C=O) groups excluding carboxylic acids is 1. The van der Waals surface area contributed by atoms with Crippen LogP contribution in [0.2, 0.25) is 10.0 Å². The molecule has 2 heterocycles. The van der Waals surface area contributed by atoms with Gasteiger partial charge in [-0.2, -0.15) is 4.73 Å². The van der Waals surface area contributed by atoms with E-state index >= 15 is 0 Å². The monoisotopic (exact) mass is 446 g/mol. The molecular weight excluding hydrogens is 431 g/mol. The summed E-state index contributed by atoms with van der Waals surface area (Å²) in [7, 11) is 0. The Morgan fingerprint density at radius 3 is 2.37 bits per heavy atom. The lowest BCUT2D eigenvalue weighted by atomic mass is 10.1. The fraction of sp³-hybridized carbons (Fsp3) is 0.100. The van der Waals surface area contributed by atoms with Gasteiger partial charge in [-0.15, -0.1) is 0 Å². The molecule has 0 fully saturated rings. The number of carboxylic acid groups (broad SMARTS) is 1. The van der Waals surface area contributed by atoms with Crippen molar-refractivity contribution >= 4 is 46.5 Å². The Labute approximate surface area is 181 Å². The molecule has 0 spiro atoms. The molecule has 0 radical (unpaired) electrons. The predicted molar refractivity (Wildman–Crippen MR) is 113 cm³/mol. The quantitative estimate of drug-likeness (QED) is 0.378. The van der Waals surface area contributed by atoms with Crippen LogP contribution in [0.15, 0.2) is 61.2 Å². The number of pyridine rings is 2. The number of aromatic nitrogens is 2. The van der Waals surface area contributed by atoms with Crippen LogP contribution < -0.4 is 15.4 Å². The van der Waals surface area contributed by atoms with Gasteiger partial charge in [0.15, 0.2) is 6.20 Å². The van der Waals surface area contributed by atoms with E-state index in [1.807, 2.05) is 0 Å². The fourth-order valence-corrected chi connectivity index (χ4v) is 3.26. The van der Waals surface area contributed by atoms with Gasteiger partial charge in [-0.25, -0.2) is 4.79 Å². The molecule has 3 N–H and O–H groups in total. The highest BCUT2D eigenvalue weighted by molar-refractivity contribution is 6.40. The van der Waals surface area contributed by atoms with E-state index in [1.165, 1.54) is 30.9 Å². The molecule has 1 amide bonds. The molecule has 3 rings (SSSR count). The first kappa shape index (κ1) is 21.4. The normalized spacial score (nSPS) is 11.5. The molecule has 2 aromatic heterocycles. The number of benzene rings is 1. The number of hydrogen-bond donors (Lipinski definition) is 3. The second-order valence-corrected chi connectivity index (χ2v) is 7.14. The van der Waals surface area contributed by atoms with E-state index in [9.17, 15) is 19.9 Å². The molecule has 8 nitrogen and oxygen atoms in total. The summed E-state index contributed by atoms with van der Waals surface area (Å²) in [6.07, 6.45) is 5.38. The predicted octanol–water partition coefficient (Wildman–Crippen LogP) is 3.38. The topological polar surface area (TPSA) is 118 Å². The summed E-state index contributed by atoms with van der Waals surface area (Å²) in [5, 5.41) is 26.6. The van der Waals surface area contributed by atoms with Gasteiger partial charge in [0.1, 0.15) is 11.7 Å². The van der Waals surface area contributed by atoms with Crippen LogP contribution in [0.25, 0.3) is 0 Å². The van der Waals surface area contributed by atoms with Crippen molar-refractivity contribution in [2.24, 2.45) is 0 Å². The molecule has 10 heteroatoms. The highest BCUT2D eigenvalue weighted by Crippen LogP contribution is 2.24. The van der Waals surface area contributed by atoms with Gasteiger partial charge in [0, 0.05) is 30.6 Å². The van der Waals surface area contributed by atoms with E-state index in [0.29, 0.717) is 16.1 Å². The van der Waals surface area contributed by atoms with Crippen LogP contribution in [-0.4, -0.2) is 28.0 Å². The van der Waals surface area contributed by atoms with Crippen molar-refractivity contribution in [1.82, 2.24) is 4.98 Å². The van der Waals surface area contributed by atoms with Gasteiger partial charge < -0.3 is 20.9 Å². The Bertz CT molecular complexity index is 1060. The molecule has 0 saturated carbocycles. The van der Waals surface area contributed by atoms with Crippen molar-refractivity contribution in [1.29, 1.82) is 0 Å². The average molecular weight is 447 g/mol. The van der Waals surface area contributed by atoms with Crippen LogP contribution in [0.5, 0.6) is 0 Å². The summed E-state index contributed by atoms with van der Waals surface area (Å²) in [5.41, 5.74) is 1.72. The minimum atomic E-state index is -1.06. The van der Waals surface area contributed by atoms with Crippen LogP contribution in [-0.2, 0) is 11.2 Å². The van der Waals surface area contributed by atoms with Gasteiger partial charge in [-0.1, -0.05) is 35.3 Å². The van der Waals surface area contributed by atoms with Gasteiger partial charge in [0.05, 0.1) is 15.6 Å². The Kier molecular flexibility index (Phi) is 6.71. The van der Waals surface area contributed by atoms with E-state index in [4.69, 9.17) is 23.2 Å². The van der Waals surface area contributed by atoms with E-state index < -0.39 is 17.9 Å². The van der Waals surface area contributed by atoms with Gasteiger partial charge >= 0.3 is 5.97 Å². The first-order valence-electron chi connectivity index (χ1n) is 8.71. The Balaban J connectivity index is 1.68. The van der Waals surface area contributed by atoms with Crippen molar-refractivity contribution in [3.05, 3.63) is 87.6 Å². The molecule has 1 unspecified atom stereocenters. The number of carbonyl (C=O) groups is 2. The molecule has 30 heavy (non-hydrogen) atoms. The van der Waals surface area contributed by atoms with Crippen LogP contribution >= 0.6 is 23.2 Å². The second kappa shape index (κ2) is 9.43. The number of hydrogen-bond acceptors (Lipinski definition) is 5. The van der Waals surface area contributed by atoms with Gasteiger partial charge in [0.25, 0.3) is 5.91 Å². The molecular formula is C20H16Cl2N4O4. The average Bonchev–Trinajstić information content (AvgIpc) is 2.69. The lowest BCUT2D eigenvalue weighted by molar-refractivity contribution is -0.604. The third-order valence-corrected chi connectivity index (χ3v) is 4.72. The van der Waals surface area contributed by atoms with E-state index in [0.717, 1.165) is 5.56 Å². The first-order valence-corrected chi connectivity index (χ1v) is 9.46. The number of nitrogens with zero attached hydrogens (tertiary/aromatic N) is 2. The summed E-state index contributed by atoms with van der Waals surface area (Å²) in [6.45, 7) is 0. The minimum absolute atomic E-state index is 0.117. The number of anilines is 2. The SMILES string of the molecule is O=C(Nc1ccc(CC(Nc2ccc[n+]([O-])c2)C(=O)O)cc1)c1c(Cl)cncc1Cl. The molecule has 0 saturated heterocycles. The number of halogens is 2. The number of carboxylic acids is 1. The summed E-state index contributed by atoms with van der Waals surface area (Å²) in [5.74, 6) is -1.55. The molecule has 0 aliphatic carbocycles. The van der Waals surface area contributed by atoms with Crippen LogP contribution in [0.3, 0.4) is 0 Å². The maximum Gasteiger partial charge on any atom is 0.326 e. The van der Waals surface area contributed by atoms with Crippen molar-refractivity contribution in [3.63, 3.8) is 0 Å². The molecule has 0 aliphatic heterocycles. The number of nitrogens with one attached hydrogen (secondary N) is 2. The van der Waals surface area contributed by atoms with Crippen LogP contribution in [0.1, 0.15) is 15.9 Å². The minimum Gasteiger partial charge on any atom is -0.619 e. The third-order valence-electron chi connectivity index (χ3n) is 4.15. The zero-order valence-electron chi connectivity index (χ0n) is 15.4. The van der Waals surface area contributed by atoms with Crippen LogP contribution in [0.4, 0.5) is 11.4 Å². The van der Waals surface area contributed by atoms with Crippen LogP contribution in [0, 0.1) is 5.21 Å². The van der Waals surface area contributed by atoms with Gasteiger partial charge in [-0.05, 0) is 23.8 Å². The molecule has 1 aromatic carbocycles. The van der Waals surface area contributed by atoms with Crippen molar-refractivity contribution in [3.8, 4) is 0 Å². The number of rotatable bonds is 7. The molecule has 0 bridgehead atoms. The van der Waals surface area contributed by atoms with Gasteiger partial charge in [-0.3, -0.25) is 9.78 Å². The lowest BCUT2D eigenvalue weighted by Gasteiger charge is -2.15. The Morgan fingerprint density at radius 2 is 1.77 bits per heavy atom. The van der Waals surface area contributed by atoms with Gasteiger partial charge in [0.2, 0.25) is 6.20 Å². The molecule has 3 aromatic rings. The third kappa shape index (κ3) is 5.37. The summed E-state index contributed by atoms with van der Waals surface area (Å²) >= 11 is 12.0. The number of aliphatic carboxylic acids is 1. The maximum atomic E-state index is 12.4. The maximum absolute atomic E-state index is 12.4. The highest BCUT2D eigenvalue weighted by atomic mass is 35.5. The lowest BCUT2D eigenvalue weighted by Crippen LogP contribution is -2.33. The first-order chi connectivity index (χ1) is 14.3. The molecule has 0 aliphatic rings.